The Morgan fingerprint density at radius 3 is 2.49 bits per heavy atom. The van der Waals surface area contributed by atoms with Gasteiger partial charge in [0.2, 0.25) is 0 Å². The van der Waals surface area contributed by atoms with Crippen molar-refractivity contribution in [1.29, 1.82) is 0 Å². The first-order valence-corrected chi connectivity index (χ1v) is 11.7. The fraction of sp³-hybridized carbons (Fsp3) is 0.385. The molecule has 1 saturated carbocycles. The van der Waals surface area contributed by atoms with E-state index in [2.05, 4.69) is 29.5 Å². The van der Waals surface area contributed by atoms with Gasteiger partial charge in [-0.15, -0.1) is 12.4 Å². The second-order valence-electron chi connectivity index (χ2n) is 9.34. The van der Waals surface area contributed by atoms with Crippen LogP contribution in [0.25, 0.3) is 10.9 Å². The first-order valence-electron chi connectivity index (χ1n) is 11.3. The first kappa shape index (κ1) is 26.7. The second-order valence-corrected chi connectivity index (χ2v) is 9.74. The van der Waals surface area contributed by atoms with E-state index in [1.165, 1.54) is 6.42 Å². The summed E-state index contributed by atoms with van der Waals surface area (Å²) in [5.74, 6) is 2.20. The van der Waals surface area contributed by atoms with Crippen LogP contribution in [0.2, 0.25) is 5.02 Å². The maximum Gasteiger partial charge on any atom is 0.319 e. The zero-order valence-electron chi connectivity index (χ0n) is 20.3. The van der Waals surface area contributed by atoms with Gasteiger partial charge in [0.1, 0.15) is 11.5 Å². The van der Waals surface area contributed by atoms with Crippen LogP contribution < -0.4 is 24.8 Å². The number of carbonyl (C=O) groups excluding carboxylic acids is 1. The zero-order valence-corrected chi connectivity index (χ0v) is 21.9. The van der Waals surface area contributed by atoms with Crippen molar-refractivity contribution < 1.29 is 19.0 Å². The molecule has 2 N–H and O–H groups in total. The van der Waals surface area contributed by atoms with Crippen molar-refractivity contribution in [3.8, 4) is 23.0 Å². The van der Waals surface area contributed by atoms with Gasteiger partial charge in [0.25, 0.3) is 0 Å². The minimum atomic E-state index is -0.228. The molecule has 0 aliphatic heterocycles. The molecule has 1 aromatic heterocycles. The molecule has 4 rings (SSSR count). The number of halogens is 2. The lowest BCUT2D eigenvalue weighted by Crippen LogP contribution is -2.42. The number of aromatic nitrogens is 1. The number of methoxy groups -OCH3 is 2. The fourth-order valence-electron chi connectivity index (χ4n) is 4.49. The summed E-state index contributed by atoms with van der Waals surface area (Å²) in [5.41, 5.74) is 1.55. The molecule has 1 aliphatic carbocycles. The molecule has 2 amide bonds. The highest BCUT2D eigenvalue weighted by Gasteiger charge is 2.28. The van der Waals surface area contributed by atoms with Crippen molar-refractivity contribution in [3.63, 3.8) is 0 Å². The Kier molecular flexibility index (Phi) is 8.56. The standard InChI is InChI=1S/C26H30ClN3O4.ClH/c1-26(2)10-5-6-17(15-26)30-25(31)29-16-7-8-22(19(27)12-16)34-21-9-11-28-20-14-24(33-4)23(32-3)13-18(20)21;/h7-9,11-14,17H,5-6,10,15H2,1-4H3,(H2,29,30,31);1H. The summed E-state index contributed by atoms with van der Waals surface area (Å²) in [6.45, 7) is 4.49. The molecule has 1 fully saturated rings. The van der Waals surface area contributed by atoms with Crippen LogP contribution >= 0.6 is 24.0 Å². The Balaban J connectivity index is 0.00000342. The van der Waals surface area contributed by atoms with E-state index in [0.717, 1.165) is 24.6 Å². The van der Waals surface area contributed by atoms with E-state index >= 15 is 0 Å². The number of amides is 2. The Morgan fingerprint density at radius 1 is 1.06 bits per heavy atom. The molecule has 1 unspecified atom stereocenters. The molecule has 1 heterocycles. The van der Waals surface area contributed by atoms with Crippen LogP contribution in [-0.4, -0.2) is 31.3 Å². The van der Waals surface area contributed by atoms with Gasteiger partial charge in [-0.3, -0.25) is 4.98 Å². The monoisotopic (exact) mass is 519 g/mol. The predicted octanol–water partition coefficient (Wildman–Crippen LogP) is 7.21. The van der Waals surface area contributed by atoms with Crippen LogP contribution in [0.1, 0.15) is 39.5 Å². The number of rotatable bonds is 6. The lowest BCUT2D eigenvalue weighted by molar-refractivity contribution is 0.196. The summed E-state index contributed by atoms with van der Waals surface area (Å²) in [4.78, 5) is 16.9. The molecule has 2 aromatic carbocycles. The highest BCUT2D eigenvalue weighted by molar-refractivity contribution is 6.32. The largest absolute Gasteiger partial charge is 0.493 e. The quantitative estimate of drug-likeness (QED) is 0.359. The van der Waals surface area contributed by atoms with Crippen LogP contribution in [0.5, 0.6) is 23.0 Å². The average molecular weight is 520 g/mol. The number of hydrogen-bond acceptors (Lipinski definition) is 5. The summed E-state index contributed by atoms with van der Waals surface area (Å²) in [6.07, 6.45) is 5.95. The SMILES string of the molecule is COc1cc2nccc(Oc3ccc(NC(=O)NC4CCCC(C)(C)C4)cc3Cl)c2cc1OC.Cl. The third kappa shape index (κ3) is 6.41. The number of benzene rings is 2. The van der Waals surface area contributed by atoms with Gasteiger partial charge in [0, 0.05) is 29.4 Å². The number of ether oxygens (including phenoxy) is 3. The summed E-state index contributed by atoms with van der Waals surface area (Å²) in [5, 5.41) is 7.09. The summed E-state index contributed by atoms with van der Waals surface area (Å²) in [7, 11) is 3.16. The van der Waals surface area contributed by atoms with E-state index in [0.29, 0.717) is 39.2 Å². The van der Waals surface area contributed by atoms with E-state index in [4.69, 9.17) is 25.8 Å². The minimum absolute atomic E-state index is 0. The van der Waals surface area contributed by atoms with Gasteiger partial charge in [0.05, 0.1) is 24.8 Å². The number of nitrogens with zero attached hydrogens (tertiary/aromatic N) is 1. The molecular weight excluding hydrogens is 489 g/mol. The molecule has 0 bridgehead atoms. The number of carbonyl (C=O) groups is 1. The van der Waals surface area contributed by atoms with Crippen LogP contribution in [0.3, 0.4) is 0 Å². The fourth-order valence-corrected chi connectivity index (χ4v) is 4.71. The summed E-state index contributed by atoms with van der Waals surface area (Å²) >= 11 is 6.49. The maximum absolute atomic E-state index is 12.5. The van der Waals surface area contributed by atoms with Gasteiger partial charge in [-0.05, 0) is 55.0 Å². The molecule has 0 spiro atoms. The van der Waals surface area contributed by atoms with Gasteiger partial charge in [-0.2, -0.15) is 0 Å². The number of pyridine rings is 1. The van der Waals surface area contributed by atoms with Crippen LogP contribution in [0.15, 0.2) is 42.6 Å². The molecule has 3 aromatic rings. The Bertz CT molecular complexity index is 1200. The van der Waals surface area contributed by atoms with E-state index in [1.807, 2.05) is 6.07 Å². The minimum Gasteiger partial charge on any atom is -0.493 e. The molecule has 1 aliphatic rings. The molecule has 9 heteroatoms. The van der Waals surface area contributed by atoms with Gasteiger partial charge in [-0.1, -0.05) is 31.9 Å². The smallest absolute Gasteiger partial charge is 0.319 e. The topological polar surface area (TPSA) is 81.7 Å². The molecule has 188 valence electrons. The average Bonchev–Trinajstić information content (AvgIpc) is 2.79. The highest BCUT2D eigenvalue weighted by atomic mass is 35.5. The van der Waals surface area contributed by atoms with E-state index in [-0.39, 0.29) is 29.9 Å². The van der Waals surface area contributed by atoms with Crippen molar-refractivity contribution in [2.75, 3.05) is 19.5 Å². The molecular formula is C26H31Cl2N3O4. The Hall–Kier alpha value is -2.90. The Morgan fingerprint density at radius 2 is 1.80 bits per heavy atom. The number of hydrogen-bond donors (Lipinski definition) is 2. The van der Waals surface area contributed by atoms with Gasteiger partial charge in [-0.25, -0.2) is 4.79 Å². The van der Waals surface area contributed by atoms with Crippen molar-refractivity contribution in [2.45, 2.75) is 45.6 Å². The van der Waals surface area contributed by atoms with Crippen LogP contribution in [0, 0.1) is 5.41 Å². The third-order valence-electron chi connectivity index (χ3n) is 6.16. The van der Waals surface area contributed by atoms with Crippen molar-refractivity contribution >= 4 is 46.6 Å². The van der Waals surface area contributed by atoms with Gasteiger partial charge >= 0.3 is 6.03 Å². The van der Waals surface area contributed by atoms with Gasteiger partial charge in [0.15, 0.2) is 11.5 Å². The van der Waals surface area contributed by atoms with Crippen molar-refractivity contribution in [3.05, 3.63) is 47.6 Å². The number of nitrogens with one attached hydrogen (secondary N) is 2. The number of fused-ring (bicyclic) bond motifs is 1. The third-order valence-corrected chi connectivity index (χ3v) is 6.45. The number of anilines is 1. The molecule has 0 saturated heterocycles. The van der Waals surface area contributed by atoms with E-state index in [9.17, 15) is 4.79 Å². The van der Waals surface area contributed by atoms with Crippen LogP contribution in [-0.2, 0) is 0 Å². The van der Waals surface area contributed by atoms with Crippen LogP contribution in [0.4, 0.5) is 10.5 Å². The molecule has 1 atom stereocenters. The predicted molar refractivity (Wildman–Crippen MR) is 142 cm³/mol. The summed E-state index contributed by atoms with van der Waals surface area (Å²) < 4.78 is 16.9. The van der Waals surface area contributed by atoms with E-state index < -0.39 is 0 Å². The maximum atomic E-state index is 12.5. The van der Waals surface area contributed by atoms with Crippen molar-refractivity contribution in [2.24, 2.45) is 5.41 Å². The van der Waals surface area contributed by atoms with Crippen molar-refractivity contribution in [1.82, 2.24) is 10.3 Å². The van der Waals surface area contributed by atoms with Gasteiger partial charge < -0.3 is 24.8 Å². The molecule has 0 radical (unpaired) electrons. The highest BCUT2D eigenvalue weighted by Crippen LogP contribution is 2.39. The Labute approximate surface area is 216 Å². The second kappa shape index (κ2) is 11.2. The zero-order chi connectivity index (χ0) is 24.3. The summed E-state index contributed by atoms with van der Waals surface area (Å²) in [6, 6.07) is 10.5. The first-order chi connectivity index (χ1) is 16.3. The molecule has 35 heavy (non-hydrogen) atoms. The lowest BCUT2D eigenvalue weighted by Gasteiger charge is -2.35. The van der Waals surface area contributed by atoms with E-state index in [1.54, 1.807) is 50.7 Å². The number of urea groups is 1. The molecule has 7 nitrogen and oxygen atoms in total. The lowest BCUT2D eigenvalue weighted by atomic mass is 9.75. The normalized spacial score (nSPS) is 16.7.